The van der Waals surface area contributed by atoms with E-state index in [1.165, 1.54) is 0 Å². The van der Waals surface area contributed by atoms with Crippen molar-refractivity contribution in [3.05, 3.63) is 0 Å². The van der Waals surface area contributed by atoms with Crippen LogP contribution in [0.5, 0.6) is 0 Å². The van der Waals surface area contributed by atoms with Crippen molar-refractivity contribution in [1.82, 2.24) is 5.43 Å². The Balaban J connectivity index is 2.48. The van der Waals surface area contributed by atoms with Gasteiger partial charge >= 0.3 is 0 Å². The van der Waals surface area contributed by atoms with Crippen LogP contribution in [-0.4, -0.2) is 25.6 Å². The van der Waals surface area contributed by atoms with Gasteiger partial charge in [-0.05, 0) is 13.3 Å². The topological polar surface area (TPSA) is 59.6 Å². The van der Waals surface area contributed by atoms with Crippen LogP contribution in [0.2, 0.25) is 0 Å². The average Bonchev–Trinajstić information content (AvgIpc) is 2.39. The molecule has 0 aromatic carbocycles. The van der Waals surface area contributed by atoms with Gasteiger partial charge in [0.15, 0.2) is 0 Å². The zero-order valence-electron chi connectivity index (χ0n) is 7.00. The summed E-state index contributed by atoms with van der Waals surface area (Å²) in [5, 5.41) is 0. The monoisotopic (exact) mass is 157 g/mol. The molecule has 0 amide bonds. The highest BCUT2D eigenvalue weighted by molar-refractivity contribution is 5.84. The maximum atomic E-state index is 5.37. The number of ether oxygens (including phenoxy) is 1. The second-order valence-corrected chi connectivity index (χ2v) is 2.83. The van der Waals surface area contributed by atoms with Crippen LogP contribution in [0.15, 0.2) is 4.99 Å². The maximum absolute atomic E-state index is 5.37. The van der Waals surface area contributed by atoms with Gasteiger partial charge in [0.2, 0.25) is 0 Å². The van der Waals surface area contributed by atoms with Crippen LogP contribution >= 0.6 is 0 Å². The molecule has 3 N–H and O–H groups in total. The molecule has 1 rings (SSSR count). The molecule has 4 nitrogen and oxygen atoms in total. The third-order valence-corrected chi connectivity index (χ3v) is 1.97. The fourth-order valence-electron chi connectivity index (χ4n) is 1.37. The Morgan fingerprint density at radius 2 is 2.45 bits per heavy atom. The molecule has 1 saturated heterocycles. The van der Waals surface area contributed by atoms with E-state index in [1.54, 1.807) is 7.05 Å². The molecule has 0 saturated carbocycles. The molecule has 1 aliphatic heterocycles. The van der Waals surface area contributed by atoms with Crippen LogP contribution in [-0.2, 0) is 4.74 Å². The molecular formula is C7H15N3O. The third kappa shape index (κ3) is 1.91. The second-order valence-electron chi connectivity index (χ2n) is 2.83. The first-order valence-electron chi connectivity index (χ1n) is 3.82. The molecule has 2 atom stereocenters. The molecule has 1 aliphatic rings. The fourth-order valence-corrected chi connectivity index (χ4v) is 1.37. The fraction of sp³-hybridized carbons (Fsp3) is 0.857. The Labute approximate surface area is 66.8 Å². The van der Waals surface area contributed by atoms with E-state index < -0.39 is 0 Å². The minimum Gasteiger partial charge on any atom is -0.378 e. The molecule has 2 unspecified atom stereocenters. The van der Waals surface area contributed by atoms with Gasteiger partial charge in [0.1, 0.15) is 5.84 Å². The van der Waals surface area contributed by atoms with Gasteiger partial charge in [-0.2, -0.15) is 0 Å². The molecule has 0 aromatic heterocycles. The van der Waals surface area contributed by atoms with E-state index in [0.29, 0.717) is 12.0 Å². The number of nitrogens with zero attached hydrogens (tertiary/aromatic N) is 1. The Kier molecular flexibility index (Phi) is 2.84. The smallest absolute Gasteiger partial charge is 0.116 e. The van der Waals surface area contributed by atoms with E-state index in [1.807, 2.05) is 0 Å². The van der Waals surface area contributed by atoms with Crippen LogP contribution in [0, 0.1) is 5.92 Å². The Bertz CT molecular complexity index is 158. The number of aliphatic imine (C=N–C) groups is 1. The van der Waals surface area contributed by atoms with E-state index in [2.05, 4.69) is 17.3 Å². The largest absolute Gasteiger partial charge is 0.378 e. The van der Waals surface area contributed by atoms with Crippen LogP contribution < -0.4 is 11.3 Å². The number of hydrogen-bond donors (Lipinski definition) is 2. The van der Waals surface area contributed by atoms with Gasteiger partial charge in [-0.3, -0.25) is 4.99 Å². The van der Waals surface area contributed by atoms with Gasteiger partial charge < -0.3 is 10.2 Å². The summed E-state index contributed by atoms with van der Waals surface area (Å²) in [6.45, 7) is 2.79. The quantitative estimate of drug-likeness (QED) is 0.242. The van der Waals surface area contributed by atoms with Crippen molar-refractivity contribution in [3.63, 3.8) is 0 Å². The Morgan fingerprint density at radius 1 is 1.73 bits per heavy atom. The predicted molar refractivity (Wildman–Crippen MR) is 44.2 cm³/mol. The maximum Gasteiger partial charge on any atom is 0.116 e. The van der Waals surface area contributed by atoms with E-state index in [-0.39, 0.29) is 0 Å². The van der Waals surface area contributed by atoms with Crippen LogP contribution in [0.25, 0.3) is 0 Å². The summed E-state index contributed by atoms with van der Waals surface area (Å²) in [4.78, 5) is 4.02. The molecule has 1 fully saturated rings. The Hall–Kier alpha value is -0.610. The number of nitrogens with two attached hydrogens (primary N) is 1. The lowest BCUT2D eigenvalue weighted by Crippen LogP contribution is -2.36. The van der Waals surface area contributed by atoms with E-state index in [4.69, 9.17) is 10.6 Å². The second kappa shape index (κ2) is 3.69. The number of amidine groups is 1. The molecule has 0 bridgehead atoms. The minimum absolute atomic E-state index is 0.338. The first kappa shape index (κ1) is 8.49. The summed E-state index contributed by atoms with van der Waals surface area (Å²) >= 11 is 0. The highest BCUT2D eigenvalue weighted by atomic mass is 16.5. The highest BCUT2D eigenvalue weighted by Crippen LogP contribution is 2.19. The van der Waals surface area contributed by atoms with Crippen molar-refractivity contribution in [2.45, 2.75) is 19.4 Å². The van der Waals surface area contributed by atoms with Crippen molar-refractivity contribution in [2.24, 2.45) is 16.8 Å². The molecule has 0 radical (unpaired) electrons. The van der Waals surface area contributed by atoms with Gasteiger partial charge in [0.05, 0.1) is 12.7 Å². The van der Waals surface area contributed by atoms with Crippen LogP contribution in [0.3, 0.4) is 0 Å². The van der Waals surface area contributed by atoms with Crippen molar-refractivity contribution < 1.29 is 4.74 Å². The standard InChI is InChI=1S/C7H15N3O/c1-5-3-6(4-11-5)7(9-2)10-8/h5-6H,3-4,8H2,1-2H3,(H,9,10). The average molecular weight is 157 g/mol. The lowest BCUT2D eigenvalue weighted by Gasteiger charge is -2.09. The van der Waals surface area contributed by atoms with Gasteiger partial charge in [0.25, 0.3) is 0 Å². The molecule has 1 heterocycles. The predicted octanol–water partition coefficient (Wildman–Crippen LogP) is -0.0970. The number of nitrogens with one attached hydrogen (secondary N) is 1. The van der Waals surface area contributed by atoms with Gasteiger partial charge in [-0.15, -0.1) is 0 Å². The van der Waals surface area contributed by atoms with Crippen molar-refractivity contribution in [1.29, 1.82) is 0 Å². The normalized spacial score (nSPS) is 32.5. The van der Waals surface area contributed by atoms with Crippen molar-refractivity contribution in [3.8, 4) is 0 Å². The summed E-state index contributed by atoms with van der Waals surface area (Å²) in [7, 11) is 1.73. The number of hydrogen-bond acceptors (Lipinski definition) is 3. The number of hydrazine groups is 1. The minimum atomic E-state index is 0.338. The molecule has 0 aromatic rings. The van der Waals surface area contributed by atoms with Gasteiger partial charge in [0, 0.05) is 13.0 Å². The summed E-state index contributed by atoms with van der Waals surface area (Å²) < 4.78 is 5.37. The molecular weight excluding hydrogens is 142 g/mol. The van der Waals surface area contributed by atoms with Gasteiger partial charge in [-0.25, -0.2) is 5.84 Å². The van der Waals surface area contributed by atoms with E-state index in [0.717, 1.165) is 18.9 Å². The van der Waals surface area contributed by atoms with Gasteiger partial charge in [-0.1, -0.05) is 0 Å². The van der Waals surface area contributed by atoms with Crippen molar-refractivity contribution in [2.75, 3.05) is 13.7 Å². The molecule has 0 spiro atoms. The zero-order valence-corrected chi connectivity index (χ0v) is 7.00. The Morgan fingerprint density at radius 3 is 2.82 bits per heavy atom. The lowest BCUT2D eigenvalue weighted by atomic mass is 10.1. The summed E-state index contributed by atoms with van der Waals surface area (Å²) in [5.41, 5.74) is 2.58. The molecule has 4 heteroatoms. The molecule has 11 heavy (non-hydrogen) atoms. The zero-order chi connectivity index (χ0) is 8.27. The van der Waals surface area contributed by atoms with E-state index in [9.17, 15) is 0 Å². The first-order chi connectivity index (χ1) is 5.27. The molecule has 64 valence electrons. The number of rotatable bonds is 1. The van der Waals surface area contributed by atoms with E-state index >= 15 is 0 Å². The third-order valence-electron chi connectivity index (χ3n) is 1.97. The van der Waals surface area contributed by atoms with Crippen LogP contribution in [0.1, 0.15) is 13.3 Å². The van der Waals surface area contributed by atoms with Crippen LogP contribution in [0.4, 0.5) is 0 Å². The first-order valence-corrected chi connectivity index (χ1v) is 3.82. The van der Waals surface area contributed by atoms with Crippen molar-refractivity contribution >= 4 is 5.84 Å². The SMILES string of the molecule is CN=C(NN)C1COC(C)C1. The summed E-state index contributed by atoms with van der Waals surface area (Å²) in [5.74, 6) is 6.48. The lowest BCUT2D eigenvalue weighted by molar-refractivity contribution is 0.123. The highest BCUT2D eigenvalue weighted by Gasteiger charge is 2.25. The molecule has 0 aliphatic carbocycles. The summed E-state index contributed by atoms with van der Waals surface area (Å²) in [6, 6.07) is 0. The summed E-state index contributed by atoms with van der Waals surface area (Å²) in [6.07, 6.45) is 1.35.